The van der Waals surface area contributed by atoms with Crippen LogP contribution in [0.1, 0.15) is 29.9 Å². The third-order valence-electron chi connectivity index (χ3n) is 6.03. The summed E-state index contributed by atoms with van der Waals surface area (Å²) in [5.74, 6) is -0.197. The molecule has 0 atom stereocenters. The summed E-state index contributed by atoms with van der Waals surface area (Å²) in [6, 6.07) is 2.85. The number of nitrogens with zero attached hydrogens (tertiary/aromatic N) is 5. The zero-order valence-electron chi connectivity index (χ0n) is 19.4. The van der Waals surface area contributed by atoms with Gasteiger partial charge in [0.1, 0.15) is 17.5 Å². The first kappa shape index (κ1) is 22.7. The van der Waals surface area contributed by atoms with Crippen LogP contribution in [-0.2, 0) is 12.8 Å². The molecular weight excluding hydrogens is 458 g/mol. The van der Waals surface area contributed by atoms with E-state index in [1.54, 1.807) is 6.08 Å². The Morgan fingerprint density at radius 2 is 1.94 bits per heavy atom. The molecule has 2 aliphatic rings. The molecule has 1 fully saturated rings. The van der Waals surface area contributed by atoms with Crippen molar-refractivity contribution in [3.8, 4) is 11.8 Å². The minimum absolute atomic E-state index is 0.0526. The standard InChI is InChI=1S/C24H26F2N6OS/c1-4-15-13-27-24(34-15)29-20-12-21(32-7-5-31(3)6-8-32)30-23(28-20)33-19-11-18(25)16-9-14(2)10-17(16)22(19)26/h10-13H,4-9H2,1-3H3,(H,27,28,29,30). The molecule has 0 amide bonds. The second-order valence-electron chi connectivity index (χ2n) is 8.63. The number of fused-ring (bicyclic) bond motifs is 1. The number of halogens is 2. The van der Waals surface area contributed by atoms with E-state index in [-0.39, 0.29) is 17.3 Å². The molecule has 2 aromatic heterocycles. The highest BCUT2D eigenvalue weighted by atomic mass is 32.1. The Morgan fingerprint density at radius 3 is 2.68 bits per heavy atom. The van der Waals surface area contributed by atoms with Crippen LogP contribution in [0.25, 0.3) is 6.08 Å². The fraction of sp³-hybridized carbons (Fsp3) is 0.375. The number of anilines is 3. The van der Waals surface area contributed by atoms with E-state index in [0.29, 0.717) is 28.8 Å². The fourth-order valence-corrected chi connectivity index (χ4v) is 4.86. The quantitative estimate of drug-likeness (QED) is 0.527. The third kappa shape index (κ3) is 4.60. The highest BCUT2D eigenvalue weighted by Crippen LogP contribution is 2.36. The Balaban J connectivity index is 1.49. The third-order valence-corrected chi connectivity index (χ3v) is 7.09. The molecule has 34 heavy (non-hydrogen) atoms. The zero-order valence-corrected chi connectivity index (χ0v) is 20.2. The van der Waals surface area contributed by atoms with Crippen LogP contribution in [0.15, 0.2) is 23.9 Å². The van der Waals surface area contributed by atoms with Crippen molar-refractivity contribution in [2.24, 2.45) is 0 Å². The SMILES string of the molecule is CCc1cnc(Nc2cc(N3CCN(C)CC3)nc(Oc3cc(F)c4c(c3F)C=C(C)C4)n2)s1. The number of likely N-dealkylation sites (N-methyl/N-ethyl adjacent to an activating group) is 1. The summed E-state index contributed by atoms with van der Waals surface area (Å²) < 4.78 is 35.6. The van der Waals surface area contributed by atoms with Gasteiger partial charge in [-0.1, -0.05) is 18.6 Å². The van der Waals surface area contributed by atoms with E-state index in [2.05, 4.69) is 44.0 Å². The van der Waals surface area contributed by atoms with Gasteiger partial charge in [0, 0.05) is 60.5 Å². The van der Waals surface area contributed by atoms with E-state index in [0.717, 1.165) is 49.1 Å². The van der Waals surface area contributed by atoms with Crippen molar-refractivity contribution in [3.05, 3.63) is 51.5 Å². The Hall–Kier alpha value is -3.11. The number of thiazole rings is 1. The molecule has 0 bridgehead atoms. The van der Waals surface area contributed by atoms with E-state index in [4.69, 9.17) is 4.74 Å². The molecule has 178 valence electrons. The van der Waals surface area contributed by atoms with Crippen molar-refractivity contribution in [3.63, 3.8) is 0 Å². The second-order valence-corrected chi connectivity index (χ2v) is 9.74. The molecule has 1 aromatic carbocycles. The lowest BCUT2D eigenvalue weighted by Gasteiger charge is -2.33. The summed E-state index contributed by atoms with van der Waals surface area (Å²) in [6.07, 6.45) is 4.77. The van der Waals surface area contributed by atoms with Gasteiger partial charge in [-0.15, -0.1) is 11.3 Å². The molecule has 1 saturated heterocycles. The minimum atomic E-state index is -0.608. The number of hydrogen-bond acceptors (Lipinski definition) is 8. The molecule has 10 heteroatoms. The average molecular weight is 485 g/mol. The van der Waals surface area contributed by atoms with Crippen LogP contribution >= 0.6 is 11.3 Å². The van der Waals surface area contributed by atoms with Crippen molar-refractivity contribution < 1.29 is 13.5 Å². The Labute approximate surface area is 201 Å². The van der Waals surface area contributed by atoms with Crippen molar-refractivity contribution in [1.29, 1.82) is 0 Å². The van der Waals surface area contributed by atoms with Crippen LogP contribution in [0, 0.1) is 11.6 Å². The van der Waals surface area contributed by atoms with E-state index in [1.807, 2.05) is 19.2 Å². The smallest absolute Gasteiger partial charge is 0.326 e. The van der Waals surface area contributed by atoms with Gasteiger partial charge in [0.15, 0.2) is 16.7 Å². The van der Waals surface area contributed by atoms with Crippen molar-refractivity contribution >= 4 is 34.2 Å². The van der Waals surface area contributed by atoms with Crippen LogP contribution in [0.5, 0.6) is 11.8 Å². The Morgan fingerprint density at radius 1 is 1.15 bits per heavy atom. The lowest BCUT2D eigenvalue weighted by atomic mass is 10.1. The maximum atomic E-state index is 15.2. The van der Waals surface area contributed by atoms with Gasteiger partial charge < -0.3 is 19.9 Å². The van der Waals surface area contributed by atoms with Crippen molar-refractivity contribution in [1.82, 2.24) is 19.9 Å². The summed E-state index contributed by atoms with van der Waals surface area (Å²) in [5, 5.41) is 3.90. The predicted octanol–water partition coefficient (Wildman–Crippen LogP) is 5.02. The first-order valence-electron chi connectivity index (χ1n) is 11.3. The number of benzene rings is 1. The molecule has 0 spiro atoms. The van der Waals surface area contributed by atoms with Crippen LogP contribution in [0.2, 0.25) is 0 Å². The number of nitrogens with one attached hydrogen (secondary N) is 1. The molecule has 1 N–H and O–H groups in total. The summed E-state index contributed by atoms with van der Waals surface area (Å²) in [5.41, 5.74) is 1.49. The second kappa shape index (κ2) is 9.27. The van der Waals surface area contributed by atoms with E-state index >= 15 is 4.39 Å². The monoisotopic (exact) mass is 484 g/mol. The topological polar surface area (TPSA) is 66.4 Å². The Bertz CT molecular complexity index is 1250. The van der Waals surface area contributed by atoms with Crippen LogP contribution in [0.3, 0.4) is 0 Å². The first-order valence-corrected chi connectivity index (χ1v) is 12.1. The number of hydrogen-bond donors (Lipinski definition) is 1. The number of aryl methyl sites for hydroxylation is 1. The normalized spacial score (nSPS) is 15.9. The number of ether oxygens (including phenoxy) is 1. The molecular formula is C24H26F2N6OS. The average Bonchev–Trinajstić information content (AvgIpc) is 3.44. The van der Waals surface area contributed by atoms with Gasteiger partial charge in [0.25, 0.3) is 0 Å². The van der Waals surface area contributed by atoms with Gasteiger partial charge in [-0.2, -0.15) is 9.97 Å². The van der Waals surface area contributed by atoms with Gasteiger partial charge in [-0.3, -0.25) is 0 Å². The molecule has 3 heterocycles. The maximum absolute atomic E-state index is 15.2. The number of aromatic nitrogens is 3. The van der Waals surface area contributed by atoms with E-state index in [1.165, 1.54) is 11.3 Å². The summed E-state index contributed by atoms with van der Waals surface area (Å²) in [6.45, 7) is 7.28. The molecule has 3 aromatic rings. The van der Waals surface area contributed by atoms with E-state index < -0.39 is 11.6 Å². The predicted molar refractivity (Wildman–Crippen MR) is 130 cm³/mol. The Kier molecular flexibility index (Phi) is 6.18. The van der Waals surface area contributed by atoms with Crippen LogP contribution in [0.4, 0.5) is 25.5 Å². The molecule has 1 aliphatic carbocycles. The molecule has 0 radical (unpaired) electrons. The minimum Gasteiger partial charge on any atom is -0.421 e. The van der Waals surface area contributed by atoms with Gasteiger partial charge >= 0.3 is 6.01 Å². The van der Waals surface area contributed by atoms with Gasteiger partial charge in [-0.25, -0.2) is 13.8 Å². The number of rotatable bonds is 6. The van der Waals surface area contributed by atoms with Crippen molar-refractivity contribution in [2.45, 2.75) is 26.7 Å². The largest absolute Gasteiger partial charge is 0.421 e. The molecule has 7 nitrogen and oxygen atoms in total. The van der Waals surface area contributed by atoms with E-state index in [9.17, 15) is 4.39 Å². The lowest BCUT2D eigenvalue weighted by molar-refractivity contribution is 0.311. The summed E-state index contributed by atoms with van der Waals surface area (Å²) >= 11 is 1.54. The zero-order chi connectivity index (χ0) is 23.8. The molecule has 0 saturated carbocycles. The summed E-state index contributed by atoms with van der Waals surface area (Å²) in [7, 11) is 2.08. The molecule has 5 rings (SSSR count). The van der Waals surface area contributed by atoms with Gasteiger partial charge in [0.05, 0.1) is 0 Å². The molecule has 1 aliphatic heterocycles. The molecule has 0 unspecified atom stereocenters. The highest BCUT2D eigenvalue weighted by Gasteiger charge is 2.24. The fourth-order valence-electron chi connectivity index (χ4n) is 4.10. The van der Waals surface area contributed by atoms with Gasteiger partial charge in [0.2, 0.25) is 0 Å². The first-order chi connectivity index (χ1) is 16.4. The van der Waals surface area contributed by atoms with Crippen molar-refractivity contribution in [2.75, 3.05) is 43.4 Å². The number of piperazine rings is 1. The van der Waals surface area contributed by atoms with Gasteiger partial charge in [-0.05, 0) is 26.8 Å². The maximum Gasteiger partial charge on any atom is 0.326 e. The lowest BCUT2D eigenvalue weighted by Crippen LogP contribution is -2.44. The van der Waals surface area contributed by atoms with Crippen LogP contribution < -0.4 is 15.0 Å². The number of allylic oxidation sites excluding steroid dienone is 1. The van der Waals surface area contributed by atoms with Crippen LogP contribution in [-0.4, -0.2) is 53.1 Å². The highest BCUT2D eigenvalue weighted by molar-refractivity contribution is 7.15. The summed E-state index contributed by atoms with van der Waals surface area (Å²) in [4.78, 5) is 18.9.